The monoisotopic (exact) mass is 387 g/mol. The van der Waals surface area contributed by atoms with Crippen LogP contribution in [0.15, 0.2) is 55.4 Å². The number of nitrogens with zero attached hydrogens (tertiary/aromatic N) is 1. The van der Waals surface area contributed by atoms with E-state index < -0.39 is 5.97 Å². The minimum absolute atomic E-state index is 0.284. The van der Waals surface area contributed by atoms with E-state index in [1.54, 1.807) is 30.6 Å². The minimum atomic E-state index is -0.935. The molecule has 18 heavy (non-hydrogen) atoms. The molecule has 0 unspecified atom stereocenters. The average molecular weight is 389 g/mol. The molecule has 0 amide bonds. The van der Waals surface area contributed by atoms with Gasteiger partial charge in [-0.15, -0.1) is 0 Å². The Hall–Kier alpha value is -0.850. The van der Waals surface area contributed by atoms with Gasteiger partial charge in [0.2, 0.25) is 0 Å². The quantitative estimate of drug-likeness (QED) is 0.843. The van der Waals surface area contributed by atoms with Crippen LogP contribution in [-0.4, -0.2) is 16.1 Å². The molecule has 3 nitrogen and oxygen atoms in total. The molecule has 0 aliphatic carbocycles. The van der Waals surface area contributed by atoms with Crippen LogP contribution in [0.25, 0.3) is 0 Å². The largest absolute Gasteiger partial charge is 0.478 e. The summed E-state index contributed by atoms with van der Waals surface area (Å²) >= 11 is 8.12. The highest BCUT2D eigenvalue weighted by molar-refractivity contribution is 9.10. The van der Waals surface area contributed by atoms with Gasteiger partial charge in [-0.3, -0.25) is 4.98 Å². The van der Waals surface area contributed by atoms with Crippen molar-refractivity contribution in [2.75, 3.05) is 0 Å². The molecule has 0 bridgehead atoms. The highest BCUT2D eigenvalue weighted by atomic mass is 79.9. The molecule has 2 aromatic rings. The Kier molecular flexibility index (Phi) is 4.42. The van der Waals surface area contributed by atoms with Crippen LogP contribution in [-0.2, 0) is 0 Å². The maximum atomic E-state index is 11.2. The Morgan fingerprint density at radius 3 is 2.67 bits per heavy atom. The van der Waals surface area contributed by atoms with Crippen LogP contribution >= 0.6 is 43.6 Å². The van der Waals surface area contributed by atoms with Crippen LogP contribution in [0, 0.1) is 0 Å². The number of rotatable bonds is 3. The van der Waals surface area contributed by atoms with Crippen LogP contribution in [0.2, 0.25) is 0 Å². The van der Waals surface area contributed by atoms with E-state index in [1.165, 1.54) is 11.8 Å². The van der Waals surface area contributed by atoms with Gasteiger partial charge in [0.15, 0.2) is 0 Å². The number of carbonyl (C=O) groups is 1. The molecule has 92 valence electrons. The average Bonchev–Trinajstić information content (AvgIpc) is 2.32. The summed E-state index contributed by atoms with van der Waals surface area (Å²) in [5, 5.41) is 9.15. The third-order valence-corrected chi connectivity index (χ3v) is 4.65. The third-order valence-electron chi connectivity index (χ3n) is 2.13. The Morgan fingerprint density at radius 1 is 1.22 bits per heavy atom. The molecule has 1 aromatic carbocycles. The van der Waals surface area contributed by atoms with Gasteiger partial charge < -0.3 is 5.11 Å². The number of hydrogen-bond acceptors (Lipinski definition) is 3. The SMILES string of the molecule is O=C(O)c1ccc(Br)cc1Sc1ccncc1Br. The maximum Gasteiger partial charge on any atom is 0.336 e. The molecule has 0 aliphatic heterocycles. The van der Waals surface area contributed by atoms with E-state index >= 15 is 0 Å². The van der Waals surface area contributed by atoms with Crippen LogP contribution < -0.4 is 0 Å². The summed E-state index contributed by atoms with van der Waals surface area (Å²) in [6.45, 7) is 0. The second-order valence-electron chi connectivity index (χ2n) is 3.35. The topological polar surface area (TPSA) is 50.2 Å². The smallest absolute Gasteiger partial charge is 0.336 e. The summed E-state index contributed by atoms with van der Waals surface area (Å²) in [5.74, 6) is -0.935. The Balaban J connectivity index is 2.42. The predicted molar refractivity (Wildman–Crippen MR) is 77.2 cm³/mol. The Morgan fingerprint density at radius 2 is 2.00 bits per heavy atom. The molecule has 1 N–H and O–H groups in total. The summed E-state index contributed by atoms with van der Waals surface area (Å²) in [4.78, 5) is 16.7. The van der Waals surface area contributed by atoms with Crippen molar-refractivity contribution in [3.8, 4) is 0 Å². The summed E-state index contributed by atoms with van der Waals surface area (Å²) in [7, 11) is 0. The number of pyridine rings is 1. The van der Waals surface area contributed by atoms with Gasteiger partial charge in [-0.1, -0.05) is 27.7 Å². The van der Waals surface area contributed by atoms with Crippen LogP contribution in [0.4, 0.5) is 0 Å². The van der Waals surface area contributed by atoms with Gasteiger partial charge in [0.1, 0.15) is 0 Å². The first-order valence-electron chi connectivity index (χ1n) is 4.88. The van der Waals surface area contributed by atoms with Crippen molar-refractivity contribution in [1.29, 1.82) is 0 Å². The molecule has 1 heterocycles. The van der Waals surface area contributed by atoms with E-state index in [4.69, 9.17) is 5.11 Å². The molecule has 0 fully saturated rings. The molecule has 0 atom stereocenters. The number of benzene rings is 1. The van der Waals surface area contributed by atoms with Crippen molar-refractivity contribution in [3.05, 3.63) is 51.2 Å². The van der Waals surface area contributed by atoms with Gasteiger partial charge in [-0.2, -0.15) is 0 Å². The zero-order valence-corrected chi connectivity index (χ0v) is 12.9. The van der Waals surface area contributed by atoms with Crippen LogP contribution in [0.3, 0.4) is 0 Å². The third kappa shape index (κ3) is 3.13. The number of hydrogen-bond donors (Lipinski definition) is 1. The molecule has 0 saturated carbocycles. The molecule has 2 rings (SSSR count). The maximum absolute atomic E-state index is 11.2. The van der Waals surface area contributed by atoms with Gasteiger partial charge in [-0.05, 0) is 40.2 Å². The molecule has 1 aromatic heterocycles. The van der Waals surface area contributed by atoms with Crippen molar-refractivity contribution >= 4 is 49.6 Å². The number of aromatic carboxylic acids is 1. The van der Waals surface area contributed by atoms with Gasteiger partial charge in [-0.25, -0.2) is 4.79 Å². The van der Waals surface area contributed by atoms with E-state index in [0.717, 1.165) is 13.8 Å². The zero-order chi connectivity index (χ0) is 13.1. The van der Waals surface area contributed by atoms with E-state index in [0.29, 0.717) is 4.90 Å². The van der Waals surface area contributed by atoms with Crippen LogP contribution in [0.1, 0.15) is 10.4 Å². The predicted octanol–water partition coefficient (Wildman–Crippen LogP) is 4.46. The van der Waals surface area contributed by atoms with E-state index in [-0.39, 0.29) is 5.56 Å². The van der Waals surface area contributed by atoms with Gasteiger partial charge in [0.05, 0.1) is 5.56 Å². The summed E-state index contributed by atoms with van der Waals surface area (Å²) in [6, 6.07) is 6.93. The van der Waals surface area contributed by atoms with Gasteiger partial charge >= 0.3 is 5.97 Å². The Labute approximate surface area is 125 Å². The number of halogens is 2. The van der Waals surface area contributed by atoms with Gasteiger partial charge in [0, 0.05) is 31.1 Å². The van der Waals surface area contributed by atoms with Crippen molar-refractivity contribution in [3.63, 3.8) is 0 Å². The molecule has 6 heteroatoms. The molecular weight excluding hydrogens is 382 g/mol. The fraction of sp³-hybridized carbons (Fsp3) is 0. The first-order valence-corrected chi connectivity index (χ1v) is 7.28. The van der Waals surface area contributed by atoms with Crippen molar-refractivity contribution < 1.29 is 9.90 Å². The fourth-order valence-corrected chi connectivity index (χ4v) is 3.29. The number of carboxylic acid groups (broad SMARTS) is 1. The first-order chi connectivity index (χ1) is 8.58. The van der Waals surface area contributed by atoms with E-state index in [1.807, 2.05) is 6.07 Å². The number of aromatic nitrogens is 1. The lowest BCUT2D eigenvalue weighted by molar-refractivity contribution is 0.0693. The summed E-state index contributed by atoms with van der Waals surface area (Å²) in [6.07, 6.45) is 3.35. The zero-order valence-electron chi connectivity index (χ0n) is 8.93. The lowest BCUT2D eigenvalue weighted by Gasteiger charge is -2.07. The normalized spacial score (nSPS) is 10.3. The molecule has 0 aliphatic rings. The lowest BCUT2D eigenvalue weighted by Crippen LogP contribution is -1.98. The minimum Gasteiger partial charge on any atom is -0.478 e. The standard InChI is InChI=1S/C12H7Br2NO2S/c13-7-1-2-8(12(16)17)11(5-7)18-10-3-4-15-6-9(10)14/h1-6H,(H,16,17). The Bertz CT molecular complexity index is 604. The molecule has 0 radical (unpaired) electrons. The van der Waals surface area contributed by atoms with Crippen molar-refractivity contribution in [1.82, 2.24) is 4.98 Å². The van der Waals surface area contributed by atoms with Crippen LogP contribution in [0.5, 0.6) is 0 Å². The second-order valence-corrected chi connectivity index (χ2v) is 6.21. The first kappa shape index (κ1) is 13.6. The number of carboxylic acids is 1. The van der Waals surface area contributed by atoms with Gasteiger partial charge in [0.25, 0.3) is 0 Å². The summed E-state index contributed by atoms with van der Waals surface area (Å²) < 4.78 is 1.69. The molecule has 0 spiro atoms. The fourth-order valence-electron chi connectivity index (χ4n) is 1.32. The highest BCUT2D eigenvalue weighted by Gasteiger charge is 2.12. The van der Waals surface area contributed by atoms with E-state index in [9.17, 15) is 4.79 Å². The van der Waals surface area contributed by atoms with Crippen molar-refractivity contribution in [2.45, 2.75) is 9.79 Å². The van der Waals surface area contributed by atoms with Crippen molar-refractivity contribution in [2.24, 2.45) is 0 Å². The molecule has 0 saturated heterocycles. The van der Waals surface area contributed by atoms with E-state index in [2.05, 4.69) is 36.8 Å². The second kappa shape index (κ2) is 5.86. The highest BCUT2D eigenvalue weighted by Crippen LogP contribution is 2.36. The summed E-state index contributed by atoms with van der Waals surface area (Å²) in [5.41, 5.74) is 0.284. The molecular formula is C12H7Br2NO2S. The lowest BCUT2D eigenvalue weighted by atomic mass is 10.2.